The van der Waals surface area contributed by atoms with Gasteiger partial charge in [-0.25, -0.2) is 0 Å². The quantitative estimate of drug-likeness (QED) is 0.255. The van der Waals surface area contributed by atoms with Crippen LogP contribution in [-0.4, -0.2) is 16.7 Å². The fourth-order valence-electron chi connectivity index (χ4n) is 4.51. The zero-order valence-corrected chi connectivity index (χ0v) is 20.5. The predicted octanol–water partition coefficient (Wildman–Crippen LogP) is 5.65. The van der Waals surface area contributed by atoms with Crippen LogP contribution in [0.5, 0.6) is 0 Å². The molecule has 1 unspecified atom stereocenters. The Balaban J connectivity index is 1.67. The number of hydrogen-bond acceptors (Lipinski definition) is 2. The molecule has 1 aliphatic rings. The zero-order valence-electron chi connectivity index (χ0n) is 18.1. The first kappa shape index (κ1) is 21.8. The van der Waals surface area contributed by atoms with Gasteiger partial charge < -0.3 is 0 Å². The van der Waals surface area contributed by atoms with Crippen LogP contribution in [0.15, 0.2) is 109 Å². The van der Waals surface area contributed by atoms with Gasteiger partial charge in [-0.3, -0.25) is 14.5 Å². The van der Waals surface area contributed by atoms with E-state index in [-0.39, 0.29) is 11.8 Å². The SMILES string of the molecule is CC(c1ccccc1[P+](Br)(c1ccccc1)c1ccccc1)N1C(=O)c2ccccc2C1=O. The minimum atomic E-state index is -2.21. The summed E-state index contributed by atoms with van der Waals surface area (Å²) in [6.07, 6.45) is 0. The average molecular weight is 515 g/mol. The lowest BCUT2D eigenvalue weighted by Gasteiger charge is -2.28. The molecule has 0 saturated carbocycles. The number of carbonyl (C=O) groups is 2. The number of benzene rings is 4. The van der Waals surface area contributed by atoms with Crippen LogP contribution < -0.4 is 15.9 Å². The molecular weight excluding hydrogens is 493 g/mol. The Labute approximate surface area is 202 Å². The molecule has 0 radical (unpaired) electrons. The number of amides is 2. The average Bonchev–Trinajstić information content (AvgIpc) is 3.14. The summed E-state index contributed by atoms with van der Waals surface area (Å²) in [5.74, 6) is -2.69. The monoisotopic (exact) mass is 514 g/mol. The zero-order chi connectivity index (χ0) is 23.0. The Kier molecular flexibility index (Phi) is 5.74. The summed E-state index contributed by atoms with van der Waals surface area (Å²) in [5, 5.41) is 3.46. The highest BCUT2D eigenvalue weighted by molar-refractivity contribution is 9.44. The van der Waals surface area contributed by atoms with Gasteiger partial charge in [0.25, 0.3) is 11.8 Å². The second kappa shape index (κ2) is 8.70. The second-order valence-corrected chi connectivity index (χ2v) is 13.9. The third kappa shape index (κ3) is 3.55. The van der Waals surface area contributed by atoms with Crippen LogP contribution in [0.2, 0.25) is 0 Å². The van der Waals surface area contributed by atoms with E-state index in [4.69, 9.17) is 0 Å². The van der Waals surface area contributed by atoms with Crippen LogP contribution in [-0.2, 0) is 0 Å². The van der Waals surface area contributed by atoms with Gasteiger partial charge in [-0.1, -0.05) is 66.7 Å². The molecule has 0 bridgehead atoms. The van der Waals surface area contributed by atoms with Crippen molar-refractivity contribution in [2.24, 2.45) is 0 Å². The van der Waals surface area contributed by atoms with E-state index in [9.17, 15) is 9.59 Å². The lowest BCUT2D eigenvalue weighted by molar-refractivity contribution is 0.0596. The second-order valence-electron chi connectivity index (χ2n) is 8.02. The fraction of sp³-hybridized carbons (Fsp3) is 0.0714. The molecule has 1 aliphatic heterocycles. The van der Waals surface area contributed by atoms with Crippen molar-refractivity contribution >= 4 is 49.2 Å². The molecule has 0 saturated heterocycles. The number of hydrogen-bond donors (Lipinski definition) is 0. The first-order valence-corrected chi connectivity index (χ1v) is 14.6. The minimum absolute atomic E-state index is 0.240. The van der Waals surface area contributed by atoms with E-state index in [1.54, 1.807) is 24.3 Å². The lowest BCUT2D eigenvalue weighted by atomic mass is 10.1. The summed E-state index contributed by atoms with van der Waals surface area (Å²) in [7, 11) is 0. The van der Waals surface area contributed by atoms with Crippen LogP contribution in [0.3, 0.4) is 0 Å². The number of nitrogens with zero attached hydrogens (tertiary/aromatic N) is 1. The molecule has 4 aromatic rings. The van der Waals surface area contributed by atoms with Crippen LogP contribution in [0.25, 0.3) is 0 Å². The van der Waals surface area contributed by atoms with E-state index >= 15 is 0 Å². The van der Waals surface area contributed by atoms with Crippen molar-refractivity contribution in [2.75, 3.05) is 0 Å². The maximum atomic E-state index is 13.2. The first-order valence-electron chi connectivity index (χ1n) is 10.8. The third-order valence-corrected chi connectivity index (χ3v) is 12.8. The highest BCUT2D eigenvalue weighted by Crippen LogP contribution is 2.63. The van der Waals surface area contributed by atoms with Gasteiger partial charge in [0.2, 0.25) is 0 Å². The maximum Gasteiger partial charge on any atom is 0.262 e. The van der Waals surface area contributed by atoms with E-state index in [0.717, 1.165) is 10.9 Å². The van der Waals surface area contributed by atoms with Crippen molar-refractivity contribution in [2.45, 2.75) is 13.0 Å². The minimum Gasteiger partial charge on any atom is -0.269 e. The number of imide groups is 1. The van der Waals surface area contributed by atoms with Crippen molar-refractivity contribution in [3.8, 4) is 0 Å². The van der Waals surface area contributed by atoms with E-state index < -0.39 is 12.0 Å². The Bertz CT molecular complexity index is 1270. The Morgan fingerprint density at radius 1 is 0.636 bits per heavy atom. The molecule has 0 spiro atoms. The van der Waals surface area contributed by atoms with Gasteiger partial charge in [0.05, 0.1) is 17.2 Å². The molecule has 5 rings (SSSR count). The van der Waals surface area contributed by atoms with Gasteiger partial charge in [0.1, 0.15) is 15.9 Å². The van der Waals surface area contributed by atoms with Gasteiger partial charge in [0.15, 0.2) is 21.5 Å². The van der Waals surface area contributed by atoms with E-state index in [0.29, 0.717) is 11.1 Å². The highest BCUT2D eigenvalue weighted by Gasteiger charge is 2.48. The van der Waals surface area contributed by atoms with Crippen molar-refractivity contribution < 1.29 is 9.59 Å². The number of carbonyl (C=O) groups excluding carboxylic acids is 2. The van der Waals surface area contributed by atoms with E-state index in [1.165, 1.54) is 15.5 Å². The number of fused-ring (bicyclic) bond motifs is 1. The van der Waals surface area contributed by atoms with Crippen LogP contribution in [0, 0.1) is 0 Å². The largest absolute Gasteiger partial charge is 0.269 e. The van der Waals surface area contributed by atoms with Crippen molar-refractivity contribution in [3.63, 3.8) is 0 Å². The molecule has 2 amide bonds. The summed E-state index contributed by atoms with van der Waals surface area (Å²) >= 11 is 4.22. The van der Waals surface area contributed by atoms with E-state index in [2.05, 4.69) is 45.8 Å². The highest BCUT2D eigenvalue weighted by atomic mass is 79.9. The standard InChI is InChI=1S/C28H22BrNO2P/c1-20(30-27(31)24-17-8-9-18-25(24)28(30)32)23-16-10-11-19-26(23)33(29,21-12-4-2-5-13-21)22-14-6-3-7-15-22/h2-20H,1H3/q+1. The van der Waals surface area contributed by atoms with Crippen LogP contribution in [0.4, 0.5) is 0 Å². The molecule has 1 atom stereocenters. The molecular formula is C28H22BrNO2P+. The molecule has 0 aliphatic carbocycles. The summed E-state index contributed by atoms with van der Waals surface area (Å²) in [5.41, 5.74) is 1.90. The molecule has 1 heterocycles. The van der Waals surface area contributed by atoms with Crippen molar-refractivity contribution in [1.82, 2.24) is 4.90 Å². The Morgan fingerprint density at radius 3 is 1.58 bits per heavy atom. The molecule has 5 heteroatoms. The third-order valence-electron chi connectivity index (χ3n) is 6.16. The molecule has 3 nitrogen and oxygen atoms in total. The van der Waals surface area contributed by atoms with Gasteiger partial charge in [-0.2, -0.15) is 0 Å². The number of halogens is 1. The molecule has 0 aromatic heterocycles. The van der Waals surface area contributed by atoms with Crippen LogP contribution in [0.1, 0.15) is 39.2 Å². The summed E-state index contributed by atoms with van der Waals surface area (Å²) < 4.78 is 0. The molecule has 4 aromatic carbocycles. The smallest absolute Gasteiger partial charge is 0.262 e. The van der Waals surface area contributed by atoms with Crippen molar-refractivity contribution in [3.05, 3.63) is 126 Å². The fourth-order valence-corrected chi connectivity index (χ4v) is 9.83. The summed E-state index contributed by atoms with van der Waals surface area (Å²) in [4.78, 5) is 27.9. The van der Waals surface area contributed by atoms with Crippen molar-refractivity contribution in [1.29, 1.82) is 0 Å². The molecule has 162 valence electrons. The first-order chi connectivity index (χ1) is 16.0. The molecule has 0 fully saturated rings. The Hall–Kier alpha value is -3.07. The lowest BCUT2D eigenvalue weighted by Crippen LogP contribution is -2.37. The predicted molar refractivity (Wildman–Crippen MR) is 139 cm³/mol. The summed E-state index contributed by atoms with van der Waals surface area (Å²) in [6, 6.07) is 35.5. The number of rotatable bonds is 5. The molecule has 0 N–H and O–H groups in total. The van der Waals surface area contributed by atoms with Gasteiger partial charge in [-0.15, -0.1) is 0 Å². The maximum absolute atomic E-state index is 13.2. The van der Waals surface area contributed by atoms with Gasteiger partial charge in [0, 0.05) is 5.56 Å². The summed E-state index contributed by atoms with van der Waals surface area (Å²) in [6.45, 7) is 1.94. The van der Waals surface area contributed by atoms with Gasteiger partial charge >= 0.3 is 0 Å². The van der Waals surface area contributed by atoms with E-state index in [1.807, 2.05) is 61.5 Å². The van der Waals surface area contributed by atoms with Crippen LogP contribution >= 0.6 is 21.5 Å². The van der Waals surface area contributed by atoms with Gasteiger partial charge in [-0.05, 0) is 49.4 Å². The topological polar surface area (TPSA) is 37.4 Å². The Morgan fingerprint density at radius 2 is 1.06 bits per heavy atom. The normalized spacial score (nSPS) is 14.3. The molecule has 33 heavy (non-hydrogen) atoms.